The standard InChI is InChI=1S/C28H32N2O.C2H6/c1-29-23-15-17-30(18-16-23)24-10-7-21(8-11-24)28-26(20-5-3-2-4-6-20)13-9-22-19-25(31)12-14-27(22)28;1-2/h2-8,10-12,14,19,23,26,28-29,31H,9,13,15-18H2,1H3;1-2H3. The van der Waals surface area contributed by atoms with Gasteiger partial charge in [0, 0.05) is 30.7 Å². The predicted molar refractivity (Wildman–Crippen MR) is 140 cm³/mol. The van der Waals surface area contributed by atoms with Gasteiger partial charge in [-0.25, -0.2) is 0 Å². The summed E-state index contributed by atoms with van der Waals surface area (Å²) in [6.07, 6.45) is 4.52. The fourth-order valence-corrected chi connectivity index (χ4v) is 5.60. The van der Waals surface area contributed by atoms with Crippen LogP contribution < -0.4 is 10.2 Å². The maximum Gasteiger partial charge on any atom is 0.115 e. The van der Waals surface area contributed by atoms with Gasteiger partial charge in [0.25, 0.3) is 0 Å². The lowest BCUT2D eigenvalue weighted by Crippen LogP contribution is -2.41. The summed E-state index contributed by atoms with van der Waals surface area (Å²) in [5.74, 6) is 1.14. The molecule has 2 atom stereocenters. The van der Waals surface area contributed by atoms with Crippen LogP contribution in [0.1, 0.15) is 67.2 Å². The van der Waals surface area contributed by atoms with Crippen molar-refractivity contribution < 1.29 is 5.11 Å². The third-order valence-corrected chi connectivity index (χ3v) is 7.34. The molecule has 1 aliphatic heterocycles. The number of hydrogen-bond donors (Lipinski definition) is 2. The molecule has 0 bridgehead atoms. The fourth-order valence-electron chi connectivity index (χ4n) is 5.60. The summed E-state index contributed by atoms with van der Waals surface area (Å²) in [5.41, 5.74) is 6.76. The van der Waals surface area contributed by atoms with Gasteiger partial charge in [-0.1, -0.05) is 62.4 Å². The summed E-state index contributed by atoms with van der Waals surface area (Å²) >= 11 is 0. The van der Waals surface area contributed by atoms with E-state index in [0.717, 1.165) is 25.9 Å². The number of phenols is 1. The van der Waals surface area contributed by atoms with E-state index >= 15 is 0 Å². The molecule has 1 fully saturated rings. The second kappa shape index (κ2) is 10.9. The summed E-state index contributed by atoms with van der Waals surface area (Å²) in [5, 5.41) is 13.5. The monoisotopic (exact) mass is 442 g/mol. The van der Waals surface area contributed by atoms with Gasteiger partial charge in [-0.05, 0) is 85.2 Å². The number of aromatic hydroxyl groups is 1. The first-order chi connectivity index (χ1) is 16.2. The number of piperidine rings is 1. The van der Waals surface area contributed by atoms with Crippen LogP contribution in [0.15, 0.2) is 72.8 Å². The number of aryl methyl sites for hydroxylation is 1. The Labute approximate surface area is 199 Å². The average Bonchev–Trinajstić information content (AvgIpc) is 2.90. The van der Waals surface area contributed by atoms with E-state index in [4.69, 9.17) is 0 Å². The van der Waals surface area contributed by atoms with E-state index in [2.05, 4.69) is 77.9 Å². The number of anilines is 1. The van der Waals surface area contributed by atoms with Crippen LogP contribution in [0.4, 0.5) is 5.69 Å². The van der Waals surface area contributed by atoms with Crippen molar-refractivity contribution in [1.29, 1.82) is 0 Å². The summed E-state index contributed by atoms with van der Waals surface area (Å²) in [6.45, 7) is 6.23. The summed E-state index contributed by atoms with van der Waals surface area (Å²) in [7, 11) is 2.07. The maximum atomic E-state index is 10.0. The van der Waals surface area contributed by atoms with Crippen LogP contribution in [-0.4, -0.2) is 31.3 Å². The molecule has 2 unspecified atom stereocenters. The molecule has 1 aliphatic carbocycles. The molecule has 3 aromatic rings. The molecule has 3 nitrogen and oxygen atoms in total. The van der Waals surface area contributed by atoms with Gasteiger partial charge in [0.2, 0.25) is 0 Å². The number of fused-ring (bicyclic) bond motifs is 1. The number of hydrogen-bond acceptors (Lipinski definition) is 3. The van der Waals surface area contributed by atoms with E-state index in [1.165, 1.54) is 40.8 Å². The third kappa shape index (κ3) is 5.09. The minimum Gasteiger partial charge on any atom is -0.508 e. The van der Waals surface area contributed by atoms with Crippen molar-refractivity contribution in [2.45, 2.75) is 57.4 Å². The third-order valence-electron chi connectivity index (χ3n) is 7.34. The molecule has 3 aromatic carbocycles. The lowest BCUT2D eigenvalue weighted by atomic mass is 9.69. The largest absolute Gasteiger partial charge is 0.508 e. The van der Waals surface area contributed by atoms with Crippen LogP contribution in [0, 0.1) is 0 Å². The SMILES string of the molecule is CC.CNC1CCN(c2ccc(C3c4ccc(O)cc4CCC3c3ccccc3)cc2)CC1. The van der Waals surface area contributed by atoms with Gasteiger partial charge in [0.15, 0.2) is 0 Å². The van der Waals surface area contributed by atoms with E-state index in [-0.39, 0.29) is 0 Å². The van der Waals surface area contributed by atoms with E-state index in [9.17, 15) is 5.11 Å². The number of nitrogens with zero attached hydrogens (tertiary/aromatic N) is 1. The van der Waals surface area contributed by atoms with E-state index < -0.39 is 0 Å². The van der Waals surface area contributed by atoms with Gasteiger partial charge < -0.3 is 15.3 Å². The highest BCUT2D eigenvalue weighted by Crippen LogP contribution is 2.47. The van der Waals surface area contributed by atoms with Crippen LogP contribution in [0.3, 0.4) is 0 Å². The highest BCUT2D eigenvalue weighted by molar-refractivity contribution is 5.52. The molecule has 33 heavy (non-hydrogen) atoms. The van der Waals surface area contributed by atoms with Crippen LogP contribution in [0.5, 0.6) is 5.75 Å². The summed E-state index contributed by atoms with van der Waals surface area (Å²) < 4.78 is 0. The summed E-state index contributed by atoms with van der Waals surface area (Å²) in [6, 6.07) is 26.8. The predicted octanol–water partition coefficient (Wildman–Crippen LogP) is 6.47. The zero-order valence-electron chi connectivity index (χ0n) is 20.3. The van der Waals surface area contributed by atoms with Crippen molar-refractivity contribution >= 4 is 5.69 Å². The highest BCUT2D eigenvalue weighted by Gasteiger charge is 2.32. The minimum absolute atomic E-state index is 0.316. The molecule has 0 spiro atoms. The smallest absolute Gasteiger partial charge is 0.115 e. The number of benzene rings is 3. The van der Waals surface area contributed by atoms with Gasteiger partial charge in [-0.15, -0.1) is 0 Å². The van der Waals surface area contributed by atoms with E-state index in [1.807, 2.05) is 26.0 Å². The van der Waals surface area contributed by atoms with Crippen molar-refractivity contribution in [2.24, 2.45) is 0 Å². The zero-order chi connectivity index (χ0) is 23.2. The first-order valence-electron chi connectivity index (χ1n) is 12.6. The molecule has 174 valence electrons. The van der Waals surface area contributed by atoms with Crippen LogP contribution in [-0.2, 0) is 6.42 Å². The normalized spacial score (nSPS) is 20.5. The van der Waals surface area contributed by atoms with Crippen molar-refractivity contribution in [1.82, 2.24) is 5.32 Å². The van der Waals surface area contributed by atoms with Crippen molar-refractivity contribution in [3.8, 4) is 5.75 Å². The van der Waals surface area contributed by atoms with Crippen molar-refractivity contribution in [3.05, 3.63) is 95.1 Å². The lowest BCUT2D eigenvalue weighted by molar-refractivity contribution is 0.442. The molecule has 0 saturated carbocycles. The number of nitrogens with one attached hydrogen (secondary N) is 1. The highest BCUT2D eigenvalue weighted by atomic mass is 16.3. The fraction of sp³-hybridized carbons (Fsp3) is 0.400. The molecular weight excluding hydrogens is 404 g/mol. The Balaban J connectivity index is 0.00000126. The molecule has 1 saturated heterocycles. The Bertz CT molecular complexity index is 1010. The van der Waals surface area contributed by atoms with Gasteiger partial charge in [-0.3, -0.25) is 0 Å². The molecule has 0 amide bonds. The summed E-state index contributed by atoms with van der Waals surface area (Å²) in [4.78, 5) is 2.51. The molecule has 1 heterocycles. The molecule has 0 radical (unpaired) electrons. The average molecular weight is 443 g/mol. The Morgan fingerprint density at radius 2 is 1.52 bits per heavy atom. The molecule has 3 heteroatoms. The lowest BCUT2D eigenvalue weighted by Gasteiger charge is -2.36. The Morgan fingerprint density at radius 1 is 0.818 bits per heavy atom. The first-order valence-corrected chi connectivity index (χ1v) is 12.6. The van der Waals surface area contributed by atoms with Gasteiger partial charge in [-0.2, -0.15) is 0 Å². The Hall–Kier alpha value is -2.78. The zero-order valence-corrected chi connectivity index (χ0v) is 20.3. The van der Waals surface area contributed by atoms with Crippen LogP contribution in [0.2, 0.25) is 0 Å². The second-order valence-electron chi connectivity index (χ2n) is 9.06. The van der Waals surface area contributed by atoms with Crippen LogP contribution in [0.25, 0.3) is 0 Å². The number of rotatable bonds is 4. The Kier molecular flexibility index (Phi) is 7.72. The van der Waals surface area contributed by atoms with Crippen molar-refractivity contribution in [2.75, 3.05) is 25.0 Å². The van der Waals surface area contributed by atoms with Gasteiger partial charge >= 0.3 is 0 Å². The minimum atomic E-state index is 0.316. The maximum absolute atomic E-state index is 10.0. The molecule has 2 aliphatic rings. The topological polar surface area (TPSA) is 35.5 Å². The molecule has 2 N–H and O–H groups in total. The molecular formula is C30H38N2O. The molecule has 0 aromatic heterocycles. The van der Waals surface area contributed by atoms with Crippen molar-refractivity contribution in [3.63, 3.8) is 0 Å². The quantitative estimate of drug-likeness (QED) is 0.486. The van der Waals surface area contributed by atoms with Gasteiger partial charge in [0.05, 0.1) is 0 Å². The Morgan fingerprint density at radius 3 is 2.18 bits per heavy atom. The first kappa shape index (κ1) is 23.4. The van der Waals surface area contributed by atoms with Gasteiger partial charge in [0.1, 0.15) is 5.75 Å². The molecule has 5 rings (SSSR count). The van der Waals surface area contributed by atoms with Crippen LogP contribution >= 0.6 is 0 Å². The van der Waals surface area contributed by atoms with E-state index in [0.29, 0.717) is 23.6 Å². The number of phenolic OH excluding ortho intramolecular Hbond substituents is 1. The van der Waals surface area contributed by atoms with E-state index in [1.54, 1.807) is 0 Å². The second-order valence-corrected chi connectivity index (χ2v) is 9.06.